The van der Waals surface area contributed by atoms with Crippen LogP contribution in [0.25, 0.3) is 0 Å². The van der Waals surface area contributed by atoms with Crippen LogP contribution in [0.1, 0.15) is 24.3 Å². The number of esters is 1. The molecule has 1 unspecified atom stereocenters. The number of carbonyl (C=O) groups excluding carboxylic acids is 2. The van der Waals surface area contributed by atoms with Crippen LogP contribution in [0, 0.1) is 0 Å². The number of carboxylic acid groups (broad SMARTS) is 1. The largest absolute Gasteiger partial charge is 0.476 e. The maximum Gasteiger partial charge on any atom is 0.358 e. The van der Waals surface area contributed by atoms with E-state index in [0.29, 0.717) is 0 Å². The quantitative estimate of drug-likeness (QED) is 0.562. The molecule has 0 aromatic carbocycles. The minimum Gasteiger partial charge on any atom is -0.476 e. The van der Waals surface area contributed by atoms with Crippen LogP contribution in [0.4, 0.5) is 4.79 Å². The minimum atomic E-state index is -1.17. The first-order valence-electron chi connectivity index (χ1n) is 6.28. The number of ether oxygens (including phenoxy) is 1. The van der Waals surface area contributed by atoms with Crippen LogP contribution in [0.2, 0.25) is 0 Å². The van der Waals surface area contributed by atoms with Gasteiger partial charge in [0, 0.05) is 6.54 Å². The number of hydrogen-bond donors (Lipinski definition) is 3. The Bertz CT molecular complexity index is 515. The lowest BCUT2D eigenvalue weighted by molar-refractivity contribution is -0.144. The van der Waals surface area contributed by atoms with Crippen LogP contribution < -0.4 is 10.6 Å². The monoisotopic (exact) mass is 299 g/mol. The van der Waals surface area contributed by atoms with Crippen LogP contribution in [0.5, 0.6) is 0 Å². The van der Waals surface area contributed by atoms with Crippen molar-refractivity contribution in [2.24, 2.45) is 0 Å². The van der Waals surface area contributed by atoms with Gasteiger partial charge in [0.15, 0.2) is 5.69 Å². The van der Waals surface area contributed by atoms with E-state index in [9.17, 15) is 14.4 Å². The molecule has 1 aromatic heterocycles. The van der Waals surface area contributed by atoms with Gasteiger partial charge in [-0.15, -0.1) is 5.10 Å². The molecule has 0 fully saturated rings. The number of nitrogens with zero attached hydrogens (tertiary/aromatic N) is 3. The molecule has 1 aromatic rings. The van der Waals surface area contributed by atoms with Crippen molar-refractivity contribution in [3.05, 3.63) is 11.9 Å². The molecule has 1 rings (SSSR count). The van der Waals surface area contributed by atoms with Gasteiger partial charge in [-0.25, -0.2) is 19.1 Å². The molecule has 116 valence electrons. The van der Waals surface area contributed by atoms with Gasteiger partial charge in [0.05, 0.1) is 19.3 Å². The van der Waals surface area contributed by atoms with Crippen molar-refractivity contribution in [2.75, 3.05) is 13.2 Å². The number of nitrogens with one attached hydrogen (secondary N) is 2. The standard InChI is InChI=1S/C11H17N5O5/c1-3-21-10(19)7(2)13-11(20)12-4-5-16-6-8(9(17)18)14-15-16/h6-7H,3-5H2,1-2H3,(H,17,18)(H2,12,13,20). The third-order valence-corrected chi connectivity index (χ3v) is 2.37. The first kappa shape index (κ1) is 16.4. The maximum absolute atomic E-state index is 11.5. The second-order valence-corrected chi connectivity index (χ2v) is 4.05. The normalized spacial score (nSPS) is 11.5. The van der Waals surface area contributed by atoms with Crippen molar-refractivity contribution in [2.45, 2.75) is 26.4 Å². The van der Waals surface area contributed by atoms with E-state index in [2.05, 4.69) is 20.9 Å². The Kier molecular flexibility index (Phi) is 6.11. The SMILES string of the molecule is CCOC(=O)C(C)NC(=O)NCCn1cc(C(=O)O)nn1. The smallest absolute Gasteiger partial charge is 0.358 e. The molecule has 2 amide bonds. The van der Waals surface area contributed by atoms with Crippen LogP contribution >= 0.6 is 0 Å². The lowest BCUT2D eigenvalue weighted by Crippen LogP contribution is -2.45. The van der Waals surface area contributed by atoms with Crippen molar-refractivity contribution < 1.29 is 24.2 Å². The molecule has 0 aliphatic heterocycles. The number of hydrogen-bond acceptors (Lipinski definition) is 6. The Hall–Kier alpha value is -2.65. The molecule has 10 nitrogen and oxygen atoms in total. The maximum atomic E-state index is 11.5. The highest BCUT2D eigenvalue weighted by atomic mass is 16.5. The zero-order valence-corrected chi connectivity index (χ0v) is 11.7. The number of aromatic nitrogens is 3. The average molecular weight is 299 g/mol. The molecule has 1 atom stereocenters. The summed E-state index contributed by atoms with van der Waals surface area (Å²) in [7, 11) is 0. The summed E-state index contributed by atoms with van der Waals surface area (Å²) in [5, 5.41) is 20.6. The Balaban J connectivity index is 2.29. The lowest BCUT2D eigenvalue weighted by atomic mass is 10.3. The second-order valence-electron chi connectivity index (χ2n) is 4.05. The summed E-state index contributed by atoms with van der Waals surface area (Å²) < 4.78 is 6.03. The summed E-state index contributed by atoms with van der Waals surface area (Å²) in [4.78, 5) is 33.4. The molecule has 0 spiro atoms. The molecule has 21 heavy (non-hydrogen) atoms. The second kappa shape index (κ2) is 7.82. The minimum absolute atomic E-state index is 0.171. The van der Waals surface area contributed by atoms with Crippen molar-refractivity contribution in [3.63, 3.8) is 0 Å². The zero-order valence-electron chi connectivity index (χ0n) is 11.7. The fourth-order valence-corrected chi connectivity index (χ4v) is 1.36. The van der Waals surface area contributed by atoms with Gasteiger partial charge in [0.2, 0.25) is 0 Å². The van der Waals surface area contributed by atoms with Gasteiger partial charge in [0.25, 0.3) is 0 Å². The molecule has 0 radical (unpaired) electrons. The molecule has 0 aliphatic rings. The Morgan fingerprint density at radius 3 is 2.76 bits per heavy atom. The summed E-state index contributed by atoms with van der Waals surface area (Å²) in [6.45, 7) is 3.87. The van der Waals surface area contributed by atoms with Gasteiger partial charge < -0.3 is 20.5 Å². The molecule has 0 saturated carbocycles. The summed E-state index contributed by atoms with van der Waals surface area (Å²) in [5.41, 5.74) is -0.171. The molecule has 10 heteroatoms. The Labute approximate surface area is 120 Å². The van der Waals surface area contributed by atoms with E-state index < -0.39 is 24.0 Å². The molecule has 0 aliphatic carbocycles. The van der Waals surface area contributed by atoms with Gasteiger partial charge in [-0.05, 0) is 13.8 Å². The molecule has 0 saturated heterocycles. The van der Waals surface area contributed by atoms with Gasteiger partial charge in [0.1, 0.15) is 6.04 Å². The predicted octanol–water partition coefficient (Wildman–Crippen LogP) is -0.773. The predicted molar refractivity (Wildman–Crippen MR) is 69.6 cm³/mol. The van der Waals surface area contributed by atoms with E-state index in [0.717, 1.165) is 0 Å². The van der Waals surface area contributed by atoms with Crippen molar-refractivity contribution in [1.82, 2.24) is 25.6 Å². The average Bonchev–Trinajstić information content (AvgIpc) is 2.88. The van der Waals surface area contributed by atoms with Crippen LogP contribution in [0.3, 0.4) is 0 Å². The van der Waals surface area contributed by atoms with Crippen LogP contribution in [0.15, 0.2) is 6.20 Å². The number of carbonyl (C=O) groups is 3. The fourth-order valence-electron chi connectivity index (χ4n) is 1.36. The van der Waals surface area contributed by atoms with E-state index in [1.54, 1.807) is 6.92 Å². The van der Waals surface area contributed by atoms with E-state index >= 15 is 0 Å². The molecule has 0 bridgehead atoms. The number of urea groups is 1. The number of aromatic carboxylic acids is 1. The lowest BCUT2D eigenvalue weighted by Gasteiger charge is -2.13. The third-order valence-electron chi connectivity index (χ3n) is 2.37. The van der Waals surface area contributed by atoms with Crippen LogP contribution in [-0.2, 0) is 16.1 Å². The first-order chi connectivity index (χ1) is 9.93. The van der Waals surface area contributed by atoms with E-state index in [1.165, 1.54) is 17.8 Å². The summed E-state index contributed by atoms with van der Waals surface area (Å²) in [5.74, 6) is -1.69. The third kappa shape index (κ3) is 5.47. The highest BCUT2D eigenvalue weighted by Gasteiger charge is 2.16. The van der Waals surface area contributed by atoms with E-state index in [-0.39, 0.29) is 25.4 Å². The topological polar surface area (TPSA) is 135 Å². The highest BCUT2D eigenvalue weighted by molar-refractivity contribution is 5.84. The fraction of sp³-hybridized carbons (Fsp3) is 0.545. The molecule has 3 N–H and O–H groups in total. The van der Waals surface area contributed by atoms with Crippen molar-refractivity contribution in [3.8, 4) is 0 Å². The molecule has 1 heterocycles. The van der Waals surface area contributed by atoms with E-state index in [4.69, 9.17) is 9.84 Å². The summed E-state index contributed by atoms with van der Waals surface area (Å²) in [6, 6.07) is -1.29. The Morgan fingerprint density at radius 2 is 2.19 bits per heavy atom. The van der Waals surface area contributed by atoms with Crippen LogP contribution in [-0.4, -0.2) is 57.3 Å². The van der Waals surface area contributed by atoms with Crippen molar-refractivity contribution in [1.29, 1.82) is 0 Å². The number of rotatable bonds is 7. The first-order valence-corrected chi connectivity index (χ1v) is 6.28. The highest BCUT2D eigenvalue weighted by Crippen LogP contribution is 1.92. The Morgan fingerprint density at radius 1 is 1.48 bits per heavy atom. The summed E-state index contributed by atoms with van der Waals surface area (Å²) in [6.07, 6.45) is 1.25. The van der Waals surface area contributed by atoms with Gasteiger partial charge >= 0.3 is 18.0 Å². The summed E-state index contributed by atoms with van der Waals surface area (Å²) >= 11 is 0. The molecular formula is C11H17N5O5. The zero-order chi connectivity index (χ0) is 15.8. The van der Waals surface area contributed by atoms with E-state index in [1.807, 2.05) is 0 Å². The van der Waals surface area contributed by atoms with Gasteiger partial charge in [-0.1, -0.05) is 5.21 Å². The van der Waals surface area contributed by atoms with Gasteiger partial charge in [-0.2, -0.15) is 0 Å². The van der Waals surface area contributed by atoms with Gasteiger partial charge in [-0.3, -0.25) is 0 Å². The number of carboxylic acids is 1. The number of amides is 2. The van der Waals surface area contributed by atoms with Crippen molar-refractivity contribution >= 4 is 18.0 Å². The molecular weight excluding hydrogens is 282 g/mol.